The predicted molar refractivity (Wildman–Crippen MR) is 97.3 cm³/mol. The highest BCUT2D eigenvalue weighted by Crippen LogP contribution is 2.36. The fourth-order valence-corrected chi connectivity index (χ4v) is 3.51. The van der Waals surface area contributed by atoms with Crippen molar-refractivity contribution >= 4 is 17.5 Å². The smallest absolute Gasteiger partial charge is 0.358 e. The summed E-state index contributed by atoms with van der Waals surface area (Å²) in [5.74, 6) is 0.277. The first-order valence-electron chi connectivity index (χ1n) is 8.52. The molecule has 11 heteroatoms. The number of rotatable bonds is 2. The Morgan fingerprint density at radius 3 is 2.69 bits per heavy atom. The maximum Gasteiger partial charge on any atom is 0.417 e. The number of carbonyl (C=O) groups excluding carboxylic acids is 1. The van der Waals surface area contributed by atoms with E-state index in [0.717, 1.165) is 12.1 Å². The van der Waals surface area contributed by atoms with Crippen LogP contribution >= 0.6 is 11.6 Å². The van der Waals surface area contributed by atoms with Crippen LogP contribution in [-0.4, -0.2) is 37.1 Å². The third kappa shape index (κ3) is 3.51. The lowest BCUT2D eigenvalue weighted by molar-refractivity contribution is -0.137. The number of pyridine rings is 1. The summed E-state index contributed by atoms with van der Waals surface area (Å²) in [6, 6.07) is 6.00. The summed E-state index contributed by atoms with van der Waals surface area (Å²) in [6.45, 7) is 0.590. The minimum atomic E-state index is -4.66. The molecule has 0 unspecified atom stereocenters. The van der Waals surface area contributed by atoms with Crippen molar-refractivity contribution in [2.45, 2.75) is 19.3 Å². The molecule has 4 rings (SSSR count). The number of carbonyl (C=O) groups is 1. The van der Waals surface area contributed by atoms with Crippen molar-refractivity contribution in [3.05, 3.63) is 68.7 Å². The van der Waals surface area contributed by atoms with E-state index in [0.29, 0.717) is 23.9 Å². The fraction of sp³-hybridized carbons (Fsp3) is 0.222. The van der Waals surface area contributed by atoms with Crippen LogP contribution in [0.25, 0.3) is 11.5 Å². The summed E-state index contributed by atoms with van der Waals surface area (Å²) in [4.78, 5) is 28.6. The number of aromatic nitrogens is 4. The van der Waals surface area contributed by atoms with Gasteiger partial charge in [-0.05, 0) is 12.1 Å². The molecule has 1 N–H and O–H groups in total. The van der Waals surface area contributed by atoms with E-state index >= 15 is 0 Å². The van der Waals surface area contributed by atoms with Crippen molar-refractivity contribution in [1.29, 1.82) is 0 Å². The number of halogens is 4. The Bertz CT molecular complexity index is 1150. The number of fused-ring (bicyclic) bond motifs is 1. The largest absolute Gasteiger partial charge is 0.417 e. The van der Waals surface area contributed by atoms with Gasteiger partial charge in [-0.1, -0.05) is 17.7 Å². The van der Waals surface area contributed by atoms with Gasteiger partial charge in [0, 0.05) is 31.4 Å². The van der Waals surface area contributed by atoms with E-state index in [9.17, 15) is 22.8 Å². The van der Waals surface area contributed by atoms with Gasteiger partial charge in [0.1, 0.15) is 0 Å². The van der Waals surface area contributed by atoms with Gasteiger partial charge in [-0.25, -0.2) is 0 Å². The molecule has 150 valence electrons. The first-order valence-corrected chi connectivity index (χ1v) is 8.89. The molecule has 0 spiro atoms. The average molecular weight is 424 g/mol. The molecule has 0 aliphatic carbocycles. The molecular formula is C18H13ClF3N5O2. The lowest BCUT2D eigenvalue weighted by Crippen LogP contribution is -2.38. The number of hydrogen-bond donors (Lipinski definition) is 1. The van der Waals surface area contributed by atoms with E-state index in [1.807, 2.05) is 0 Å². The van der Waals surface area contributed by atoms with Gasteiger partial charge in [0.05, 0.1) is 28.4 Å². The Labute approximate surface area is 166 Å². The first-order chi connectivity index (χ1) is 13.8. The standard InChI is InChI=1S/C18H13ClF3N5O2/c19-15-11(2-1-3-12(15)18(20,21)22)17(29)26-6-7-27-14(9-26)24-25-16(27)13-8-10(28)4-5-23-13/h1-5,8H,6-7,9H2,(H,23,28). The van der Waals surface area contributed by atoms with Crippen LogP contribution in [0, 0.1) is 0 Å². The number of hydrogen-bond acceptors (Lipinski definition) is 4. The van der Waals surface area contributed by atoms with Crippen molar-refractivity contribution in [2.75, 3.05) is 6.54 Å². The Hall–Kier alpha value is -3.14. The second-order valence-electron chi connectivity index (χ2n) is 6.42. The van der Waals surface area contributed by atoms with Crippen LogP contribution in [-0.2, 0) is 19.3 Å². The van der Waals surface area contributed by atoms with Crippen molar-refractivity contribution in [3.63, 3.8) is 0 Å². The minimum Gasteiger partial charge on any atom is -0.358 e. The zero-order chi connectivity index (χ0) is 20.8. The second kappa shape index (κ2) is 7.03. The van der Waals surface area contributed by atoms with Crippen LogP contribution in [0.2, 0.25) is 5.02 Å². The molecule has 0 saturated carbocycles. The van der Waals surface area contributed by atoms with Gasteiger partial charge in [-0.3, -0.25) is 9.59 Å². The van der Waals surface area contributed by atoms with E-state index < -0.39 is 22.7 Å². The van der Waals surface area contributed by atoms with E-state index in [1.165, 1.54) is 29.3 Å². The minimum absolute atomic E-state index is 0.0511. The third-order valence-electron chi connectivity index (χ3n) is 4.59. The number of H-pyrrole nitrogens is 1. The zero-order valence-corrected chi connectivity index (χ0v) is 15.5. The number of aromatic amines is 1. The lowest BCUT2D eigenvalue weighted by Gasteiger charge is -2.28. The van der Waals surface area contributed by atoms with Crippen LogP contribution < -0.4 is 5.43 Å². The molecule has 2 aromatic heterocycles. The van der Waals surface area contributed by atoms with Gasteiger partial charge < -0.3 is 14.5 Å². The summed E-state index contributed by atoms with van der Waals surface area (Å²) in [6.07, 6.45) is -3.16. The van der Waals surface area contributed by atoms with E-state index in [-0.39, 0.29) is 24.1 Å². The maximum absolute atomic E-state index is 13.1. The first kappa shape index (κ1) is 19.2. The topological polar surface area (TPSA) is 83.9 Å². The van der Waals surface area contributed by atoms with Crippen LogP contribution in [0.3, 0.4) is 0 Å². The average Bonchev–Trinajstić information content (AvgIpc) is 3.10. The lowest BCUT2D eigenvalue weighted by atomic mass is 10.1. The molecule has 1 aliphatic rings. The van der Waals surface area contributed by atoms with Gasteiger partial charge in [0.25, 0.3) is 5.91 Å². The van der Waals surface area contributed by atoms with E-state index in [4.69, 9.17) is 11.6 Å². The summed E-state index contributed by atoms with van der Waals surface area (Å²) < 4.78 is 41.0. The number of benzene rings is 1. The van der Waals surface area contributed by atoms with Crippen LogP contribution in [0.15, 0.2) is 41.3 Å². The van der Waals surface area contributed by atoms with Gasteiger partial charge >= 0.3 is 6.18 Å². The predicted octanol–water partition coefficient (Wildman–Crippen LogP) is 2.96. The van der Waals surface area contributed by atoms with E-state index in [2.05, 4.69) is 15.2 Å². The number of nitrogens with zero attached hydrogens (tertiary/aromatic N) is 4. The maximum atomic E-state index is 13.1. The zero-order valence-electron chi connectivity index (χ0n) is 14.7. The van der Waals surface area contributed by atoms with Crippen molar-refractivity contribution in [1.82, 2.24) is 24.6 Å². The molecule has 3 aromatic rings. The molecule has 0 bridgehead atoms. The number of amides is 1. The van der Waals surface area contributed by atoms with Crippen molar-refractivity contribution in [3.8, 4) is 11.5 Å². The van der Waals surface area contributed by atoms with Crippen LogP contribution in [0.1, 0.15) is 21.7 Å². The Kier molecular flexibility index (Phi) is 4.65. The molecular weight excluding hydrogens is 411 g/mol. The van der Waals surface area contributed by atoms with Crippen LogP contribution in [0.4, 0.5) is 13.2 Å². The molecule has 1 amide bonds. The molecule has 29 heavy (non-hydrogen) atoms. The quantitative estimate of drug-likeness (QED) is 0.687. The SMILES string of the molecule is O=C(c1cccc(C(F)(F)F)c1Cl)N1CCn2c(nnc2-c2cc(=O)cc[nH]2)C1. The molecule has 0 atom stereocenters. The molecule has 0 radical (unpaired) electrons. The molecule has 3 heterocycles. The second-order valence-corrected chi connectivity index (χ2v) is 6.80. The van der Waals surface area contributed by atoms with Crippen molar-refractivity contribution in [2.24, 2.45) is 0 Å². The van der Waals surface area contributed by atoms with Gasteiger partial charge in [0.2, 0.25) is 0 Å². The molecule has 1 aliphatic heterocycles. The number of nitrogens with one attached hydrogen (secondary N) is 1. The third-order valence-corrected chi connectivity index (χ3v) is 5.00. The Morgan fingerprint density at radius 1 is 1.17 bits per heavy atom. The summed E-state index contributed by atoms with van der Waals surface area (Å²) in [5.41, 5.74) is -0.984. The van der Waals surface area contributed by atoms with Gasteiger partial charge in [-0.2, -0.15) is 13.2 Å². The highest BCUT2D eigenvalue weighted by molar-refractivity contribution is 6.34. The summed E-state index contributed by atoms with van der Waals surface area (Å²) in [5, 5.41) is 7.50. The highest BCUT2D eigenvalue weighted by atomic mass is 35.5. The Balaban J connectivity index is 1.62. The van der Waals surface area contributed by atoms with Gasteiger partial charge in [0.15, 0.2) is 17.1 Å². The highest BCUT2D eigenvalue weighted by Gasteiger charge is 2.36. The van der Waals surface area contributed by atoms with Crippen LogP contribution in [0.5, 0.6) is 0 Å². The van der Waals surface area contributed by atoms with Crippen molar-refractivity contribution < 1.29 is 18.0 Å². The van der Waals surface area contributed by atoms with E-state index in [1.54, 1.807) is 4.57 Å². The molecule has 0 fully saturated rings. The monoisotopic (exact) mass is 423 g/mol. The number of alkyl halides is 3. The summed E-state index contributed by atoms with van der Waals surface area (Å²) >= 11 is 5.87. The fourth-order valence-electron chi connectivity index (χ4n) is 3.19. The Morgan fingerprint density at radius 2 is 1.97 bits per heavy atom. The molecule has 1 aromatic carbocycles. The molecule has 0 saturated heterocycles. The summed E-state index contributed by atoms with van der Waals surface area (Å²) in [7, 11) is 0. The normalized spacial score (nSPS) is 14.0. The molecule has 7 nitrogen and oxygen atoms in total. The van der Waals surface area contributed by atoms with Gasteiger partial charge in [-0.15, -0.1) is 10.2 Å².